The standard InChI is InChI=1S/C13H18O4/c1-4-16-13(15)10(3)17-12-7-5-11(6-8-12)9(2)14/h5-10,14H,4H2,1-3H3. The van der Waals surface area contributed by atoms with Gasteiger partial charge in [0.15, 0.2) is 6.10 Å². The lowest BCUT2D eigenvalue weighted by molar-refractivity contribution is -0.150. The van der Waals surface area contributed by atoms with Gasteiger partial charge in [0.05, 0.1) is 12.7 Å². The molecule has 0 spiro atoms. The molecule has 1 rings (SSSR count). The molecule has 0 aliphatic heterocycles. The molecule has 0 heterocycles. The predicted molar refractivity (Wildman–Crippen MR) is 63.8 cm³/mol. The summed E-state index contributed by atoms with van der Waals surface area (Å²) in [5, 5.41) is 9.34. The molecule has 2 atom stereocenters. The molecule has 0 fully saturated rings. The molecule has 0 aliphatic rings. The van der Waals surface area contributed by atoms with Crippen LogP contribution in [0.4, 0.5) is 0 Å². The van der Waals surface area contributed by atoms with Gasteiger partial charge in [-0.3, -0.25) is 0 Å². The number of hydrogen-bond acceptors (Lipinski definition) is 4. The van der Waals surface area contributed by atoms with Gasteiger partial charge in [0, 0.05) is 0 Å². The third-order valence-corrected chi connectivity index (χ3v) is 2.29. The number of aliphatic hydroxyl groups is 1. The van der Waals surface area contributed by atoms with Crippen molar-refractivity contribution < 1.29 is 19.4 Å². The lowest BCUT2D eigenvalue weighted by atomic mass is 10.1. The molecule has 0 aliphatic carbocycles. The third kappa shape index (κ3) is 4.07. The van der Waals surface area contributed by atoms with Gasteiger partial charge in [-0.2, -0.15) is 0 Å². The molecular weight excluding hydrogens is 220 g/mol. The number of hydrogen-bond donors (Lipinski definition) is 1. The highest BCUT2D eigenvalue weighted by Gasteiger charge is 2.15. The average molecular weight is 238 g/mol. The topological polar surface area (TPSA) is 55.8 Å². The second-order valence-corrected chi connectivity index (χ2v) is 3.76. The molecule has 1 aromatic carbocycles. The molecular formula is C13H18O4. The number of esters is 1. The summed E-state index contributed by atoms with van der Waals surface area (Å²) in [6.07, 6.45) is -1.14. The van der Waals surface area contributed by atoms with Crippen molar-refractivity contribution in [2.24, 2.45) is 0 Å². The fourth-order valence-electron chi connectivity index (χ4n) is 1.34. The molecule has 17 heavy (non-hydrogen) atoms. The van der Waals surface area contributed by atoms with Gasteiger partial charge in [-0.25, -0.2) is 4.79 Å². The molecule has 1 aromatic rings. The Morgan fingerprint density at radius 2 is 1.88 bits per heavy atom. The van der Waals surface area contributed by atoms with Gasteiger partial charge in [0.25, 0.3) is 0 Å². The zero-order valence-corrected chi connectivity index (χ0v) is 10.3. The van der Waals surface area contributed by atoms with E-state index < -0.39 is 12.2 Å². The molecule has 0 radical (unpaired) electrons. The highest BCUT2D eigenvalue weighted by Crippen LogP contribution is 2.18. The third-order valence-electron chi connectivity index (χ3n) is 2.29. The van der Waals surface area contributed by atoms with Gasteiger partial charge in [-0.15, -0.1) is 0 Å². The Morgan fingerprint density at radius 3 is 2.35 bits per heavy atom. The van der Waals surface area contributed by atoms with Crippen LogP contribution in [0, 0.1) is 0 Å². The van der Waals surface area contributed by atoms with Crippen molar-refractivity contribution in [2.75, 3.05) is 6.61 Å². The van der Waals surface area contributed by atoms with E-state index in [9.17, 15) is 9.90 Å². The summed E-state index contributed by atoms with van der Waals surface area (Å²) in [4.78, 5) is 11.3. The minimum atomic E-state index is -0.632. The maximum atomic E-state index is 11.3. The fourth-order valence-corrected chi connectivity index (χ4v) is 1.34. The average Bonchev–Trinajstić information content (AvgIpc) is 2.30. The van der Waals surface area contributed by atoms with Crippen LogP contribution in [-0.2, 0) is 9.53 Å². The quantitative estimate of drug-likeness (QED) is 0.798. The fraction of sp³-hybridized carbons (Fsp3) is 0.462. The number of carbonyl (C=O) groups excluding carboxylic acids is 1. The van der Waals surface area contributed by atoms with Crippen molar-refractivity contribution in [2.45, 2.75) is 33.0 Å². The summed E-state index contributed by atoms with van der Waals surface area (Å²) in [5.41, 5.74) is 0.807. The minimum Gasteiger partial charge on any atom is -0.479 e. The van der Waals surface area contributed by atoms with Gasteiger partial charge >= 0.3 is 5.97 Å². The van der Waals surface area contributed by atoms with Gasteiger partial charge in [0.2, 0.25) is 0 Å². The van der Waals surface area contributed by atoms with Crippen LogP contribution < -0.4 is 4.74 Å². The molecule has 4 heteroatoms. The van der Waals surface area contributed by atoms with Crippen LogP contribution in [-0.4, -0.2) is 23.8 Å². The van der Waals surface area contributed by atoms with E-state index in [1.54, 1.807) is 45.0 Å². The Balaban J connectivity index is 2.60. The van der Waals surface area contributed by atoms with Gasteiger partial charge in [-0.05, 0) is 38.5 Å². The normalized spacial score (nSPS) is 13.9. The number of ether oxygens (including phenoxy) is 2. The van der Waals surface area contributed by atoms with E-state index in [2.05, 4.69) is 0 Å². The predicted octanol–water partition coefficient (Wildman–Crippen LogP) is 2.07. The van der Waals surface area contributed by atoms with Gasteiger partial charge < -0.3 is 14.6 Å². The smallest absolute Gasteiger partial charge is 0.347 e. The number of benzene rings is 1. The molecule has 0 bridgehead atoms. The second kappa shape index (κ2) is 6.25. The lowest BCUT2D eigenvalue weighted by Crippen LogP contribution is -2.26. The highest BCUT2D eigenvalue weighted by molar-refractivity contribution is 5.74. The Morgan fingerprint density at radius 1 is 1.29 bits per heavy atom. The molecule has 4 nitrogen and oxygen atoms in total. The van der Waals surface area contributed by atoms with Crippen LogP contribution in [0.2, 0.25) is 0 Å². The first-order valence-electron chi connectivity index (χ1n) is 5.66. The zero-order chi connectivity index (χ0) is 12.8. The van der Waals surface area contributed by atoms with Crippen LogP contribution in [0.15, 0.2) is 24.3 Å². The number of carbonyl (C=O) groups is 1. The highest BCUT2D eigenvalue weighted by atomic mass is 16.6. The van der Waals surface area contributed by atoms with Crippen molar-refractivity contribution in [1.82, 2.24) is 0 Å². The summed E-state index contributed by atoms with van der Waals surface area (Å²) in [6.45, 7) is 5.42. The molecule has 2 unspecified atom stereocenters. The Kier molecular flexibility index (Phi) is 4.97. The largest absolute Gasteiger partial charge is 0.479 e. The molecule has 0 aromatic heterocycles. The van der Waals surface area contributed by atoms with Crippen molar-refractivity contribution in [3.63, 3.8) is 0 Å². The SMILES string of the molecule is CCOC(=O)C(C)Oc1ccc(C(C)O)cc1. The van der Waals surface area contributed by atoms with Gasteiger partial charge in [0.1, 0.15) is 5.75 Å². The van der Waals surface area contributed by atoms with E-state index in [0.717, 1.165) is 5.56 Å². The van der Waals surface area contributed by atoms with Crippen LogP contribution >= 0.6 is 0 Å². The molecule has 0 amide bonds. The summed E-state index contributed by atoms with van der Waals surface area (Å²) >= 11 is 0. The van der Waals surface area contributed by atoms with E-state index in [-0.39, 0.29) is 5.97 Å². The van der Waals surface area contributed by atoms with Crippen molar-refractivity contribution in [3.8, 4) is 5.75 Å². The first kappa shape index (κ1) is 13.5. The molecule has 1 N–H and O–H groups in total. The van der Waals surface area contributed by atoms with E-state index in [0.29, 0.717) is 12.4 Å². The van der Waals surface area contributed by atoms with Crippen LogP contribution in [0.3, 0.4) is 0 Å². The second-order valence-electron chi connectivity index (χ2n) is 3.76. The van der Waals surface area contributed by atoms with E-state index >= 15 is 0 Å². The monoisotopic (exact) mass is 238 g/mol. The number of rotatable bonds is 5. The first-order valence-corrected chi connectivity index (χ1v) is 5.66. The summed E-state index contributed by atoms with van der Waals surface area (Å²) < 4.78 is 10.2. The maximum absolute atomic E-state index is 11.3. The molecule has 94 valence electrons. The summed E-state index contributed by atoms with van der Waals surface area (Å²) in [5.74, 6) is 0.196. The Hall–Kier alpha value is -1.55. The van der Waals surface area contributed by atoms with Gasteiger partial charge in [-0.1, -0.05) is 12.1 Å². The van der Waals surface area contributed by atoms with Crippen molar-refractivity contribution >= 4 is 5.97 Å². The Labute approximate surface area is 101 Å². The zero-order valence-electron chi connectivity index (χ0n) is 10.3. The van der Waals surface area contributed by atoms with Crippen molar-refractivity contribution in [3.05, 3.63) is 29.8 Å². The van der Waals surface area contributed by atoms with Crippen molar-refractivity contribution in [1.29, 1.82) is 0 Å². The van der Waals surface area contributed by atoms with E-state index in [4.69, 9.17) is 9.47 Å². The molecule has 0 saturated carbocycles. The first-order chi connectivity index (χ1) is 8.04. The summed E-state index contributed by atoms with van der Waals surface area (Å²) in [7, 11) is 0. The van der Waals surface area contributed by atoms with Crippen LogP contribution in [0.1, 0.15) is 32.4 Å². The Bertz CT molecular complexity index is 356. The van der Waals surface area contributed by atoms with Crippen LogP contribution in [0.5, 0.6) is 5.75 Å². The molecule has 0 saturated heterocycles. The van der Waals surface area contributed by atoms with E-state index in [1.165, 1.54) is 0 Å². The minimum absolute atomic E-state index is 0.341. The number of aliphatic hydroxyl groups excluding tert-OH is 1. The maximum Gasteiger partial charge on any atom is 0.347 e. The summed E-state index contributed by atoms with van der Waals surface area (Å²) in [6, 6.07) is 6.96. The van der Waals surface area contributed by atoms with Crippen LogP contribution in [0.25, 0.3) is 0 Å². The lowest BCUT2D eigenvalue weighted by Gasteiger charge is -2.13. The van der Waals surface area contributed by atoms with E-state index in [1.807, 2.05) is 0 Å².